The van der Waals surface area contributed by atoms with E-state index in [1.807, 2.05) is 23.1 Å². The summed E-state index contributed by atoms with van der Waals surface area (Å²) in [5.74, 6) is 2.54. The van der Waals surface area contributed by atoms with Crippen LogP contribution in [0.25, 0.3) is 10.2 Å². The largest absolute Gasteiger partial charge is 0.383 e. The highest BCUT2D eigenvalue weighted by atomic mass is 32.2. The molecule has 2 aromatic rings. The van der Waals surface area contributed by atoms with Gasteiger partial charge in [-0.05, 0) is 37.7 Å². The van der Waals surface area contributed by atoms with E-state index in [2.05, 4.69) is 4.98 Å². The highest BCUT2D eigenvalue weighted by Gasteiger charge is 2.22. The summed E-state index contributed by atoms with van der Waals surface area (Å²) in [5, 5.41) is 1.96. The molecule has 0 radical (unpaired) electrons. The number of aryl methyl sites for hydroxylation is 2. The van der Waals surface area contributed by atoms with Crippen molar-refractivity contribution in [2.45, 2.75) is 55.9 Å². The third-order valence-corrected chi connectivity index (χ3v) is 6.94. The van der Waals surface area contributed by atoms with Crippen LogP contribution in [0.4, 0.5) is 5.82 Å². The summed E-state index contributed by atoms with van der Waals surface area (Å²) >= 11 is 3.84. The number of anilines is 1. The van der Waals surface area contributed by atoms with Gasteiger partial charge in [-0.25, -0.2) is 9.97 Å². The Kier molecular flexibility index (Phi) is 3.34. The van der Waals surface area contributed by atoms with Gasteiger partial charge in [-0.15, -0.1) is 11.3 Å². The SMILES string of the molecule is Nc1nc(CSC2CCCC2)nc2sc3c(c12)CCC3. The first kappa shape index (κ1) is 12.9. The fourth-order valence-electron chi connectivity index (χ4n) is 3.38. The predicted molar refractivity (Wildman–Crippen MR) is 87.4 cm³/mol. The second-order valence-electron chi connectivity index (χ2n) is 5.78. The van der Waals surface area contributed by atoms with Gasteiger partial charge in [0.05, 0.1) is 11.1 Å². The van der Waals surface area contributed by atoms with Gasteiger partial charge in [-0.3, -0.25) is 0 Å². The Morgan fingerprint density at radius 3 is 2.85 bits per heavy atom. The number of thiophene rings is 1. The molecule has 0 aliphatic heterocycles. The number of thioether (sulfide) groups is 1. The number of hydrogen-bond acceptors (Lipinski definition) is 5. The van der Waals surface area contributed by atoms with Gasteiger partial charge >= 0.3 is 0 Å². The van der Waals surface area contributed by atoms with Crippen LogP contribution in [-0.4, -0.2) is 15.2 Å². The van der Waals surface area contributed by atoms with Crippen molar-refractivity contribution in [1.29, 1.82) is 0 Å². The lowest BCUT2D eigenvalue weighted by molar-refractivity contribution is 0.886. The van der Waals surface area contributed by atoms with Crippen molar-refractivity contribution in [2.24, 2.45) is 0 Å². The van der Waals surface area contributed by atoms with E-state index in [1.165, 1.54) is 49.0 Å². The molecule has 0 spiro atoms. The zero-order chi connectivity index (χ0) is 13.5. The highest BCUT2D eigenvalue weighted by molar-refractivity contribution is 7.99. The summed E-state index contributed by atoms with van der Waals surface area (Å²) in [6.45, 7) is 0. The average Bonchev–Trinajstić information content (AvgIpc) is 3.12. The molecule has 2 aliphatic rings. The molecule has 106 valence electrons. The van der Waals surface area contributed by atoms with Crippen LogP contribution in [0.15, 0.2) is 0 Å². The molecule has 1 fully saturated rings. The molecule has 5 heteroatoms. The lowest BCUT2D eigenvalue weighted by atomic mass is 10.2. The molecule has 0 aromatic carbocycles. The van der Waals surface area contributed by atoms with Gasteiger partial charge in [-0.2, -0.15) is 11.8 Å². The molecule has 4 rings (SSSR count). The first-order chi connectivity index (χ1) is 9.81. The average molecular weight is 305 g/mol. The summed E-state index contributed by atoms with van der Waals surface area (Å²) in [6.07, 6.45) is 9.09. The molecule has 2 aliphatic carbocycles. The van der Waals surface area contributed by atoms with Gasteiger partial charge < -0.3 is 5.73 Å². The van der Waals surface area contributed by atoms with E-state index in [0.717, 1.165) is 33.5 Å². The fourth-order valence-corrected chi connectivity index (χ4v) is 5.85. The summed E-state index contributed by atoms with van der Waals surface area (Å²) < 4.78 is 0. The fraction of sp³-hybridized carbons (Fsp3) is 0.600. The number of nitrogens with two attached hydrogens (primary N) is 1. The number of fused-ring (bicyclic) bond motifs is 3. The van der Waals surface area contributed by atoms with Crippen LogP contribution < -0.4 is 5.73 Å². The number of rotatable bonds is 3. The molecule has 0 unspecified atom stereocenters. The third-order valence-electron chi connectivity index (χ3n) is 4.39. The van der Waals surface area contributed by atoms with E-state index in [-0.39, 0.29) is 0 Å². The lowest BCUT2D eigenvalue weighted by Gasteiger charge is -2.08. The smallest absolute Gasteiger partial charge is 0.142 e. The molecule has 2 aromatic heterocycles. The maximum absolute atomic E-state index is 6.20. The van der Waals surface area contributed by atoms with Gasteiger partial charge in [-0.1, -0.05) is 12.8 Å². The highest BCUT2D eigenvalue weighted by Crippen LogP contribution is 2.39. The van der Waals surface area contributed by atoms with Gasteiger partial charge in [0, 0.05) is 10.1 Å². The Morgan fingerprint density at radius 2 is 2.00 bits per heavy atom. The molecule has 3 nitrogen and oxygen atoms in total. The van der Waals surface area contributed by atoms with Crippen LogP contribution in [0.3, 0.4) is 0 Å². The van der Waals surface area contributed by atoms with Gasteiger partial charge in [0.2, 0.25) is 0 Å². The van der Waals surface area contributed by atoms with E-state index in [1.54, 1.807) is 0 Å². The van der Waals surface area contributed by atoms with E-state index in [9.17, 15) is 0 Å². The molecule has 2 N–H and O–H groups in total. The monoisotopic (exact) mass is 305 g/mol. The van der Waals surface area contributed by atoms with Crippen molar-refractivity contribution < 1.29 is 0 Å². The quantitative estimate of drug-likeness (QED) is 0.933. The number of hydrogen-bond donors (Lipinski definition) is 1. The van der Waals surface area contributed by atoms with Crippen LogP contribution in [-0.2, 0) is 18.6 Å². The summed E-state index contributed by atoms with van der Waals surface area (Å²) in [6, 6.07) is 0. The second kappa shape index (κ2) is 5.19. The van der Waals surface area contributed by atoms with Crippen molar-refractivity contribution in [2.75, 3.05) is 5.73 Å². The minimum atomic E-state index is 0.705. The minimum absolute atomic E-state index is 0.705. The van der Waals surface area contributed by atoms with Crippen LogP contribution >= 0.6 is 23.1 Å². The molecule has 0 amide bonds. The molecule has 1 saturated carbocycles. The normalized spacial score (nSPS) is 19.0. The molecule has 2 heterocycles. The Morgan fingerprint density at radius 1 is 1.15 bits per heavy atom. The van der Waals surface area contributed by atoms with E-state index in [4.69, 9.17) is 10.7 Å². The molecule has 20 heavy (non-hydrogen) atoms. The maximum Gasteiger partial charge on any atom is 0.142 e. The van der Waals surface area contributed by atoms with Crippen molar-refractivity contribution in [3.05, 3.63) is 16.3 Å². The molecular formula is C15H19N3S2. The number of aromatic nitrogens is 2. The van der Waals surface area contributed by atoms with Crippen LogP contribution in [0.5, 0.6) is 0 Å². The number of nitrogen functional groups attached to an aromatic ring is 1. The number of nitrogens with zero attached hydrogens (tertiary/aromatic N) is 2. The Bertz CT molecular complexity index is 644. The van der Waals surface area contributed by atoms with E-state index >= 15 is 0 Å². The second-order valence-corrected chi connectivity index (χ2v) is 8.15. The first-order valence-electron chi connectivity index (χ1n) is 7.49. The van der Waals surface area contributed by atoms with Gasteiger partial charge in [0.15, 0.2) is 0 Å². The van der Waals surface area contributed by atoms with Crippen molar-refractivity contribution >= 4 is 39.1 Å². The molecular weight excluding hydrogens is 286 g/mol. The topological polar surface area (TPSA) is 51.8 Å². The first-order valence-corrected chi connectivity index (χ1v) is 9.36. The Hall–Kier alpha value is -0.810. The molecule has 0 atom stereocenters. The van der Waals surface area contributed by atoms with Crippen LogP contribution in [0, 0.1) is 0 Å². The molecule has 0 bridgehead atoms. The Balaban J connectivity index is 1.61. The van der Waals surface area contributed by atoms with E-state index in [0.29, 0.717) is 5.82 Å². The van der Waals surface area contributed by atoms with Crippen molar-refractivity contribution in [1.82, 2.24) is 9.97 Å². The summed E-state index contributed by atoms with van der Waals surface area (Å²) in [5.41, 5.74) is 7.63. The minimum Gasteiger partial charge on any atom is -0.383 e. The maximum atomic E-state index is 6.20. The summed E-state index contributed by atoms with van der Waals surface area (Å²) in [7, 11) is 0. The zero-order valence-corrected chi connectivity index (χ0v) is 13.2. The standard InChI is InChI=1S/C15H19N3S2/c16-14-13-10-6-3-7-11(10)20-15(13)18-12(17-14)8-19-9-4-1-2-5-9/h9H,1-8H2,(H2,16,17,18). The third kappa shape index (κ3) is 2.21. The Labute approximate surface area is 127 Å². The molecule has 0 saturated heterocycles. The lowest BCUT2D eigenvalue weighted by Crippen LogP contribution is -2.02. The van der Waals surface area contributed by atoms with E-state index < -0.39 is 0 Å². The summed E-state index contributed by atoms with van der Waals surface area (Å²) in [4.78, 5) is 11.9. The van der Waals surface area contributed by atoms with Crippen LogP contribution in [0.1, 0.15) is 48.4 Å². The predicted octanol–water partition coefficient (Wildman–Crippen LogP) is 3.94. The zero-order valence-electron chi connectivity index (χ0n) is 11.5. The van der Waals surface area contributed by atoms with Crippen LogP contribution in [0.2, 0.25) is 0 Å². The van der Waals surface area contributed by atoms with Crippen molar-refractivity contribution in [3.8, 4) is 0 Å². The van der Waals surface area contributed by atoms with Gasteiger partial charge in [0.1, 0.15) is 16.5 Å². The van der Waals surface area contributed by atoms with Crippen molar-refractivity contribution in [3.63, 3.8) is 0 Å². The van der Waals surface area contributed by atoms with Gasteiger partial charge in [0.25, 0.3) is 0 Å².